The van der Waals surface area contributed by atoms with Crippen molar-refractivity contribution in [2.75, 3.05) is 25.5 Å². The molecule has 1 aliphatic rings. The van der Waals surface area contributed by atoms with Gasteiger partial charge in [0.15, 0.2) is 0 Å². The molecule has 3 amide bonds. The number of hydrogen-bond acceptors (Lipinski definition) is 3. The number of alkyl halides is 3. The summed E-state index contributed by atoms with van der Waals surface area (Å²) in [5, 5.41) is 5.25. The van der Waals surface area contributed by atoms with Gasteiger partial charge in [0, 0.05) is 19.6 Å². The molecule has 0 aromatic heterocycles. The Balaban J connectivity index is 1.64. The molecule has 0 radical (unpaired) electrons. The lowest BCUT2D eigenvalue weighted by Gasteiger charge is -2.39. The second-order valence-corrected chi connectivity index (χ2v) is 8.09. The molecule has 1 aliphatic heterocycles. The molecule has 9 heteroatoms. The number of carbonyl (C=O) groups is 2. The Bertz CT molecular complexity index is 980. The maximum absolute atomic E-state index is 13.2. The number of amides is 3. The normalized spacial score (nSPS) is 18.7. The van der Waals surface area contributed by atoms with Crippen molar-refractivity contribution >= 4 is 17.6 Å². The average Bonchev–Trinajstić information content (AvgIpc) is 2.77. The number of halogens is 3. The smallest absolute Gasteiger partial charge is 0.418 e. The van der Waals surface area contributed by atoms with Crippen LogP contribution in [-0.2, 0) is 17.5 Å². The van der Waals surface area contributed by atoms with Crippen molar-refractivity contribution in [2.24, 2.45) is 5.41 Å². The van der Waals surface area contributed by atoms with Crippen LogP contribution < -0.4 is 15.4 Å². The van der Waals surface area contributed by atoms with E-state index in [9.17, 15) is 22.8 Å². The lowest BCUT2D eigenvalue weighted by atomic mass is 9.81. The standard InChI is InChI=1S/C23H26F3N3O3/c1-22(20(30)27-14-16-7-5-8-17(13-16)32-2)11-6-12-29(15-22)21(31)28-19-10-4-3-9-18(19)23(24,25)26/h3-5,7-10,13H,6,11-12,14-15H2,1-2H3,(H,27,30)(H,28,31). The van der Waals surface area contributed by atoms with Crippen molar-refractivity contribution in [3.05, 3.63) is 59.7 Å². The molecule has 3 rings (SSSR count). The van der Waals surface area contributed by atoms with Crippen LogP contribution in [0.5, 0.6) is 5.75 Å². The Morgan fingerprint density at radius 3 is 2.62 bits per heavy atom. The summed E-state index contributed by atoms with van der Waals surface area (Å²) < 4.78 is 44.8. The van der Waals surface area contributed by atoms with Crippen LogP contribution in [0.1, 0.15) is 30.9 Å². The average molecular weight is 449 g/mol. The van der Waals surface area contributed by atoms with E-state index < -0.39 is 23.2 Å². The van der Waals surface area contributed by atoms with Crippen LogP contribution in [-0.4, -0.2) is 37.0 Å². The number of nitrogens with one attached hydrogen (secondary N) is 2. The minimum absolute atomic E-state index is 0.108. The fourth-order valence-electron chi connectivity index (χ4n) is 3.81. The second-order valence-electron chi connectivity index (χ2n) is 8.09. The van der Waals surface area contributed by atoms with Crippen LogP contribution in [0, 0.1) is 5.41 Å². The van der Waals surface area contributed by atoms with Gasteiger partial charge in [-0.25, -0.2) is 4.79 Å². The van der Waals surface area contributed by atoms with Gasteiger partial charge in [0.1, 0.15) is 5.75 Å². The van der Waals surface area contributed by atoms with Gasteiger partial charge in [-0.15, -0.1) is 0 Å². The first-order valence-corrected chi connectivity index (χ1v) is 10.3. The van der Waals surface area contributed by atoms with Crippen molar-refractivity contribution < 1.29 is 27.5 Å². The molecule has 1 atom stereocenters. The molecule has 0 spiro atoms. The summed E-state index contributed by atoms with van der Waals surface area (Å²) in [6.07, 6.45) is -3.45. The number of hydrogen-bond donors (Lipinski definition) is 2. The minimum Gasteiger partial charge on any atom is -0.497 e. The highest BCUT2D eigenvalue weighted by atomic mass is 19.4. The number of benzene rings is 2. The summed E-state index contributed by atoms with van der Waals surface area (Å²) in [4.78, 5) is 27.0. The quantitative estimate of drug-likeness (QED) is 0.697. The SMILES string of the molecule is COc1cccc(CNC(=O)C2(C)CCCN(C(=O)Nc3ccccc3C(F)(F)F)C2)c1. The van der Waals surface area contributed by atoms with E-state index >= 15 is 0 Å². The Hall–Kier alpha value is -3.23. The Morgan fingerprint density at radius 2 is 1.91 bits per heavy atom. The summed E-state index contributed by atoms with van der Waals surface area (Å²) in [5.74, 6) is 0.469. The van der Waals surface area contributed by atoms with Crippen molar-refractivity contribution in [1.82, 2.24) is 10.2 Å². The third-order valence-corrected chi connectivity index (χ3v) is 5.59. The Morgan fingerprint density at radius 1 is 1.16 bits per heavy atom. The molecule has 1 heterocycles. The number of rotatable bonds is 5. The molecular weight excluding hydrogens is 423 g/mol. The van der Waals surface area contributed by atoms with Crippen LogP contribution in [0.15, 0.2) is 48.5 Å². The molecule has 1 saturated heterocycles. The first kappa shape index (κ1) is 23.4. The number of nitrogens with zero attached hydrogens (tertiary/aromatic N) is 1. The van der Waals surface area contributed by atoms with E-state index in [0.717, 1.165) is 11.6 Å². The number of ether oxygens (including phenoxy) is 1. The molecule has 6 nitrogen and oxygen atoms in total. The number of likely N-dealkylation sites (tertiary alicyclic amines) is 1. The van der Waals surface area contributed by atoms with Crippen molar-refractivity contribution in [3.8, 4) is 5.75 Å². The molecule has 2 aromatic carbocycles. The van der Waals surface area contributed by atoms with Crippen molar-refractivity contribution in [2.45, 2.75) is 32.5 Å². The molecule has 0 aliphatic carbocycles. The highest BCUT2D eigenvalue weighted by molar-refractivity contribution is 5.91. The lowest BCUT2D eigenvalue weighted by molar-refractivity contribution is -0.137. The van der Waals surface area contributed by atoms with Gasteiger partial charge >= 0.3 is 12.2 Å². The predicted octanol–water partition coefficient (Wildman–Crippen LogP) is 4.66. The number of para-hydroxylation sites is 1. The third kappa shape index (κ3) is 5.52. The second kappa shape index (κ2) is 9.50. The zero-order chi connectivity index (χ0) is 23.4. The molecule has 1 fully saturated rings. The summed E-state index contributed by atoms with van der Waals surface area (Å²) in [7, 11) is 1.56. The molecule has 1 unspecified atom stereocenters. The van der Waals surface area contributed by atoms with Gasteiger partial charge in [0.25, 0.3) is 0 Å². The number of carbonyl (C=O) groups excluding carboxylic acids is 2. The largest absolute Gasteiger partial charge is 0.497 e. The predicted molar refractivity (Wildman–Crippen MR) is 114 cm³/mol. The van der Waals surface area contributed by atoms with Crippen LogP contribution in [0.25, 0.3) is 0 Å². The summed E-state index contributed by atoms with van der Waals surface area (Å²) >= 11 is 0. The maximum atomic E-state index is 13.2. The monoisotopic (exact) mass is 449 g/mol. The molecule has 172 valence electrons. The molecule has 0 bridgehead atoms. The van der Waals surface area contributed by atoms with Gasteiger partial charge in [0.2, 0.25) is 5.91 Å². The zero-order valence-corrected chi connectivity index (χ0v) is 18.0. The van der Waals surface area contributed by atoms with Crippen LogP contribution >= 0.6 is 0 Å². The Kier molecular flexibility index (Phi) is 6.96. The van der Waals surface area contributed by atoms with E-state index in [1.807, 2.05) is 18.2 Å². The minimum atomic E-state index is -4.58. The maximum Gasteiger partial charge on any atom is 0.418 e. The number of methoxy groups -OCH3 is 1. The van der Waals surface area contributed by atoms with Gasteiger partial charge in [-0.1, -0.05) is 24.3 Å². The summed E-state index contributed by atoms with van der Waals surface area (Å²) in [6.45, 7) is 2.53. The first-order valence-electron chi connectivity index (χ1n) is 10.3. The highest BCUT2D eigenvalue weighted by Crippen LogP contribution is 2.35. The molecule has 2 aromatic rings. The summed E-state index contributed by atoms with van der Waals surface area (Å²) in [5.41, 5.74) is -1.20. The third-order valence-electron chi connectivity index (χ3n) is 5.59. The molecule has 0 saturated carbocycles. The van der Waals surface area contributed by atoms with E-state index in [4.69, 9.17) is 4.74 Å². The van der Waals surface area contributed by atoms with E-state index in [-0.39, 0.29) is 18.1 Å². The fourth-order valence-corrected chi connectivity index (χ4v) is 3.81. The molecule has 32 heavy (non-hydrogen) atoms. The number of anilines is 1. The van der Waals surface area contributed by atoms with Gasteiger partial charge in [-0.2, -0.15) is 13.2 Å². The fraction of sp³-hybridized carbons (Fsp3) is 0.391. The van der Waals surface area contributed by atoms with Gasteiger partial charge in [-0.05, 0) is 49.6 Å². The van der Waals surface area contributed by atoms with Crippen LogP contribution in [0.4, 0.5) is 23.7 Å². The van der Waals surface area contributed by atoms with Gasteiger partial charge < -0.3 is 20.3 Å². The van der Waals surface area contributed by atoms with Gasteiger partial charge in [-0.3, -0.25) is 4.79 Å². The van der Waals surface area contributed by atoms with E-state index in [1.165, 1.54) is 23.1 Å². The lowest BCUT2D eigenvalue weighted by Crippen LogP contribution is -2.52. The first-order chi connectivity index (χ1) is 15.1. The van der Waals surface area contributed by atoms with E-state index in [0.29, 0.717) is 31.7 Å². The van der Waals surface area contributed by atoms with Crippen molar-refractivity contribution in [1.29, 1.82) is 0 Å². The molecular formula is C23H26F3N3O3. The van der Waals surface area contributed by atoms with Crippen LogP contribution in [0.2, 0.25) is 0 Å². The molecule has 2 N–H and O–H groups in total. The van der Waals surface area contributed by atoms with Gasteiger partial charge in [0.05, 0.1) is 23.8 Å². The topological polar surface area (TPSA) is 70.7 Å². The van der Waals surface area contributed by atoms with Crippen LogP contribution in [0.3, 0.4) is 0 Å². The van der Waals surface area contributed by atoms with E-state index in [2.05, 4.69) is 10.6 Å². The van der Waals surface area contributed by atoms with Crippen molar-refractivity contribution in [3.63, 3.8) is 0 Å². The summed E-state index contributed by atoms with van der Waals surface area (Å²) in [6, 6.07) is 11.5. The highest BCUT2D eigenvalue weighted by Gasteiger charge is 2.40. The van der Waals surface area contributed by atoms with E-state index in [1.54, 1.807) is 20.1 Å². The Labute approximate surface area is 184 Å². The zero-order valence-electron chi connectivity index (χ0n) is 18.0. The number of urea groups is 1. The number of piperidine rings is 1.